The van der Waals surface area contributed by atoms with Gasteiger partial charge in [0.2, 0.25) is 5.78 Å². The monoisotopic (exact) mass is 300 g/mol. The minimum atomic E-state index is -0.554. The maximum Gasteiger partial charge on any atom is 0.368 e. The second kappa shape index (κ2) is 5.98. The summed E-state index contributed by atoms with van der Waals surface area (Å²) in [6.45, 7) is 2.02. The van der Waals surface area contributed by atoms with Crippen LogP contribution in [0.15, 0.2) is 41.2 Å². The minimum Gasteiger partial charge on any atom is -0.383 e. The van der Waals surface area contributed by atoms with Crippen molar-refractivity contribution in [1.82, 2.24) is 9.66 Å². The van der Waals surface area contributed by atoms with Crippen LogP contribution in [0.2, 0.25) is 0 Å². The average Bonchev–Trinajstić information content (AvgIpc) is 2.55. The van der Waals surface area contributed by atoms with Gasteiger partial charge in [-0.3, -0.25) is 4.79 Å². The predicted molar refractivity (Wildman–Crippen MR) is 81.6 cm³/mol. The summed E-state index contributed by atoms with van der Waals surface area (Å²) < 4.78 is 6.58. The smallest absolute Gasteiger partial charge is 0.368 e. The molecule has 0 unspecified atom stereocenters. The van der Waals surface area contributed by atoms with Gasteiger partial charge in [0.25, 0.3) is 0 Å². The Morgan fingerprint density at radius 2 is 1.86 bits per heavy atom. The Kier molecular flexibility index (Phi) is 3.88. The molecule has 3 rings (SSSR count). The van der Waals surface area contributed by atoms with Crippen molar-refractivity contribution in [1.29, 1.82) is 0 Å². The summed E-state index contributed by atoms with van der Waals surface area (Å²) in [6, 6.07) is 10.2. The second-order valence-corrected chi connectivity index (χ2v) is 4.92. The number of benzene rings is 1. The molecule has 22 heavy (non-hydrogen) atoms. The van der Waals surface area contributed by atoms with E-state index < -0.39 is 5.69 Å². The highest BCUT2D eigenvalue weighted by Gasteiger charge is 2.21. The standard InChI is InChI=1S/C15H16N4O3/c16-13-10-12(14(20)11-4-2-1-3-5-11)19(15(21)17-13)18-6-8-22-9-7-18/h1-5,10H,6-9H2,(H2,16,17,21). The van der Waals surface area contributed by atoms with E-state index in [1.54, 1.807) is 29.3 Å². The molecule has 1 aliphatic rings. The zero-order valence-electron chi connectivity index (χ0n) is 11.9. The third-order valence-corrected chi connectivity index (χ3v) is 3.46. The maximum atomic E-state index is 12.7. The lowest BCUT2D eigenvalue weighted by molar-refractivity contribution is 0.0994. The number of anilines is 1. The molecule has 0 saturated carbocycles. The van der Waals surface area contributed by atoms with Crippen LogP contribution in [0, 0.1) is 0 Å². The number of hydrogen-bond acceptors (Lipinski definition) is 6. The van der Waals surface area contributed by atoms with E-state index in [-0.39, 0.29) is 17.3 Å². The lowest BCUT2D eigenvalue weighted by Crippen LogP contribution is -2.51. The first-order valence-corrected chi connectivity index (χ1v) is 6.99. The Morgan fingerprint density at radius 1 is 1.18 bits per heavy atom. The Balaban J connectivity index is 2.09. The number of ketones is 1. The normalized spacial score (nSPS) is 14.8. The fourth-order valence-corrected chi connectivity index (χ4v) is 2.42. The van der Waals surface area contributed by atoms with Gasteiger partial charge in [-0.05, 0) is 0 Å². The molecule has 7 nitrogen and oxygen atoms in total. The topological polar surface area (TPSA) is 90.5 Å². The van der Waals surface area contributed by atoms with Gasteiger partial charge >= 0.3 is 5.69 Å². The predicted octanol–water partition coefficient (Wildman–Crippen LogP) is 0.0247. The van der Waals surface area contributed by atoms with Gasteiger partial charge in [-0.2, -0.15) is 4.98 Å². The van der Waals surface area contributed by atoms with Crippen molar-refractivity contribution in [2.75, 3.05) is 37.0 Å². The van der Waals surface area contributed by atoms with E-state index >= 15 is 0 Å². The summed E-state index contributed by atoms with van der Waals surface area (Å²) in [7, 11) is 0. The van der Waals surface area contributed by atoms with Crippen LogP contribution in [0.5, 0.6) is 0 Å². The summed E-state index contributed by atoms with van der Waals surface area (Å²) >= 11 is 0. The summed E-state index contributed by atoms with van der Waals surface area (Å²) in [5.41, 5.74) is 5.81. The highest BCUT2D eigenvalue weighted by atomic mass is 16.5. The van der Waals surface area contributed by atoms with E-state index in [4.69, 9.17) is 10.5 Å². The van der Waals surface area contributed by atoms with Crippen molar-refractivity contribution < 1.29 is 9.53 Å². The Labute approximate surface area is 126 Å². The number of morpholine rings is 1. The molecular weight excluding hydrogens is 284 g/mol. The summed E-state index contributed by atoms with van der Waals surface area (Å²) in [5, 5.41) is 1.76. The highest BCUT2D eigenvalue weighted by Crippen LogP contribution is 2.11. The van der Waals surface area contributed by atoms with Gasteiger partial charge in [-0.25, -0.2) is 9.47 Å². The van der Waals surface area contributed by atoms with Crippen LogP contribution in [0.3, 0.4) is 0 Å². The lowest BCUT2D eigenvalue weighted by atomic mass is 10.1. The van der Waals surface area contributed by atoms with E-state index in [2.05, 4.69) is 4.98 Å². The van der Waals surface area contributed by atoms with Crippen LogP contribution in [-0.2, 0) is 4.74 Å². The van der Waals surface area contributed by atoms with Crippen LogP contribution in [-0.4, -0.2) is 41.7 Å². The van der Waals surface area contributed by atoms with Gasteiger partial charge < -0.3 is 15.5 Å². The number of ether oxygens (including phenoxy) is 1. The molecule has 7 heteroatoms. The van der Waals surface area contributed by atoms with Gasteiger partial charge in [-0.15, -0.1) is 0 Å². The molecule has 1 aromatic carbocycles. The fraction of sp³-hybridized carbons (Fsp3) is 0.267. The maximum absolute atomic E-state index is 12.7. The van der Waals surface area contributed by atoms with Crippen LogP contribution in [0.25, 0.3) is 0 Å². The third-order valence-electron chi connectivity index (χ3n) is 3.46. The van der Waals surface area contributed by atoms with E-state index in [0.29, 0.717) is 31.9 Å². The third kappa shape index (κ3) is 2.71. The van der Waals surface area contributed by atoms with Crippen molar-refractivity contribution in [3.63, 3.8) is 0 Å². The van der Waals surface area contributed by atoms with Crippen LogP contribution in [0.4, 0.5) is 5.82 Å². The first kappa shape index (κ1) is 14.3. The van der Waals surface area contributed by atoms with Crippen molar-refractivity contribution in [3.8, 4) is 0 Å². The molecular formula is C15H16N4O3. The van der Waals surface area contributed by atoms with Crippen molar-refractivity contribution in [2.45, 2.75) is 0 Å². The fourth-order valence-electron chi connectivity index (χ4n) is 2.42. The summed E-state index contributed by atoms with van der Waals surface area (Å²) in [5.74, 6) is -0.230. The first-order valence-electron chi connectivity index (χ1n) is 6.99. The SMILES string of the molecule is Nc1cc(C(=O)c2ccccc2)n(N2CCOCC2)c(=O)n1. The van der Waals surface area contributed by atoms with E-state index in [0.717, 1.165) is 0 Å². The first-order chi connectivity index (χ1) is 10.7. The van der Waals surface area contributed by atoms with E-state index in [1.165, 1.54) is 10.7 Å². The lowest BCUT2D eigenvalue weighted by Gasteiger charge is -2.31. The number of carbonyl (C=O) groups excluding carboxylic acids is 1. The number of nitrogen functional groups attached to an aromatic ring is 1. The molecule has 0 atom stereocenters. The minimum absolute atomic E-state index is 0.0359. The Morgan fingerprint density at radius 3 is 2.55 bits per heavy atom. The molecule has 2 aromatic rings. The number of nitrogens with zero attached hydrogens (tertiary/aromatic N) is 3. The zero-order valence-corrected chi connectivity index (χ0v) is 11.9. The van der Waals surface area contributed by atoms with Crippen molar-refractivity contribution >= 4 is 11.6 Å². The van der Waals surface area contributed by atoms with E-state index in [9.17, 15) is 9.59 Å². The highest BCUT2D eigenvalue weighted by molar-refractivity contribution is 6.08. The van der Waals surface area contributed by atoms with E-state index in [1.807, 2.05) is 6.07 Å². The number of carbonyl (C=O) groups is 1. The molecule has 0 radical (unpaired) electrons. The number of hydrogen-bond donors (Lipinski definition) is 1. The van der Waals surface area contributed by atoms with Gasteiger partial charge in [0.15, 0.2) is 0 Å². The molecule has 1 fully saturated rings. The number of nitrogens with two attached hydrogens (primary N) is 1. The van der Waals surface area contributed by atoms with Crippen LogP contribution in [0.1, 0.15) is 16.1 Å². The number of rotatable bonds is 3. The molecule has 114 valence electrons. The van der Waals surface area contributed by atoms with Gasteiger partial charge in [0.05, 0.1) is 26.3 Å². The second-order valence-electron chi connectivity index (χ2n) is 4.92. The Hall–Kier alpha value is -2.67. The molecule has 1 saturated heterocycles. The molecule has 0 bridgehead atoms. The summed E-state index contributed by atoms with van der Waals surface area (Å²) in [4.78, 5) is 28.7. The number of aromatic nitrogens is 2. The van der Waals surface area contributed by atoms with Crippen molar-refractivity contribution in [3.05, 3.63) is 58.1 Å². The zero-order chi connectivity index (χ0) is 15.5. The molecule has 0 spiro atoms. The summed E-state index contributed by atoms with van der Waals surface area (Å²) in [6.07, 6.45) is 0. The van der Waals surface area contributed by atoms with Gasteiger partial charge in [-0.1, -0.05) is 30.3 Å². The largest absolute Gasteiger partial charge is 0.383 e. The van der Waals surface area contributed by atoms with Crippen molar-refractivity contribution in [2.24, 2.45) is 0 Å². The van der Waals surface area contributed by atoms with Gasteiger partial charge in [0.1, 0.15) is 11.5 Å². The molecule has 1 aliphatic heterocycles. The molecule has 0 aliphatic carbocycles. The molecule has 2 N–H and O–H groups in total. The molecule has 1 aromatic heterocycles. The quantitative estimate of drug-likeness (QED) is 0.804. The Bertz CT molecular complexity index is 736. The average molecular weight is 300 g/mol. The molecule has 2 heterocycles. The van der Waals surface area contributed by atoms with Crippen LogP contribution >= 0.6 is 0 Å². The van der Waals surface area contributed by atoms with Crippen LogP contribution < -0.4 is 16.4 Å². The van der Waals surface area contributed by atoms with Gasteiger partial charge in [0, 0.05) is 11.6 Å². The molecule has 0 amide bonds.